The van der Waals surface area contributed by atoms with Gasteiger partial charge in [0, 0.05) is 13.7 Å². The highest BCUT2D eigenvalue weighted by Crippen LogP contribution is 2.22. The molecule has 1 saturated heterocycles. The summed E-state index contributed by atoms with van der Waals surface area (Å²) >= 11 is 0. The molecule has 5 atom stereocenters. The molecule has 0 aromatic rings. The van der Waals surface area contributed by atoms with Crippen molar-refractivity contribution in [1.29, 1.82) is 0 Å². The van der Waals surface area contributed by atoms with Crippen molar-refractivity contribution in [3.8, 4) is 0 Å². The van der Waals surface area contributed by atoms with E-state index in [-0.39, 0.29) is 6.61 Å². The summed E-state index contributed by atoms with van der Waals surface area (Å²) in [4.78, 5) is 0. The maximum absolute atomic E-state index is 9.99. The zero-order chi connectivity index (χ0) is 22.7. The molecule has 6 heteroatoms. The highest BCUT2D eigenvalue weighted by atomic mass is 16.7. The Morgan fingerprint density at radius 3 is 1.84 bits per heavy atom. The summed E-state index contributed by atoms with van der Waals surface area (Å²) in [5.74, 6) is 0. The van der Waals surface area contributed by atoms with E-state index in [2.05, 4.69) is 19.1 Å². The Morgan fingerprint density at radius 2 is 1.26 bits per heavy atom. The van der Waals surface area contributed by atoms with E-state index in [0.717, 1.165) is 12.8 Å². The molecule has 1 unspecified atom stereocenters. The first-order chi connectivity index (χ1) is 15.1. The molecule has 0 aliphatic carbocycles. The lowest BCUT2D eigenvalue weighted by atomic mass is 9.99. The van der Waals surface area contributed by atoms with Crippen molar-refractivity contribution in [2.24, 2.45) is 0 Å². The zero-order valence-corrected chi connectivity index (χ0v) is 19.9. The van der Waals surface area contributed by atoms with Gasteiger partial charge >= 0.3 is 0 Å². The standard InChI is InChI=1S/C25H48O6/c1-3-4-5-6-7-8-9-10-11-12-13-14-15-16-17-18-19-30-20-21-22(26)23(27)24(28)25(29-2)31-21/h10-11,21-28H,3-9,12-20H2,1-2H3/t21-,22-,23+,24-,25?/m1/s1. The van der Waals surface area contributed by atoms with Crippen molar-refractivity contribution in [3.05, 3.63) is 12.2 Å². The van der Waals surface area contributed by atoms with Crippen LogP contribution in [0.4, 0.5) is 0 Å². The third kappa shape index (κ3) is 13.0. The van der Waals surface area contributed by atoms with E-state index in [1.54, 1.807) is 0 Å². The smallest absolute Gasteiger partial charge is 0.186 e. The molecular formula is C25H48O6. The number of methoxy groups -OCH3 is 1. The first-order valence-electron chi connectivity index (χ1n) is 12.6. The van der Waals surface area contributed by atoms with Gasteiger partial charge in [-0.1, -0.05) is 76.9 Å². The summed E-state index contributed by atoms with van der Waals surface area (Å²) < 4.78 is 16.0. The highest BCUT2D eigenvalue weighted by molar-refractivity contribution is 4.89. The van der Waals surface area contributed by atoms with Crippen LogP contribution in [0.1, 0.15) is 96.8 Å². The lowest BCUT2D eigenvalue weighted by Crippen LogP contribution is -2.59. The Morgan fingerprint density at radius 1 is 0.710 bits per heavy atom. The van der Waals surface area contributed by atoms with Gasteiger partial charge < -0.3 is 29.5 Å². The Labute approximate surface area is 190 Å². The Bertz CT molecular complexity index is 428. The van der Waals surface area contributed by atoms with Crippen LogP contribution in [0, 0.1) is 0 Å². The van der Waals surface area contributed by atoms with Crippen LogP contribution in [0.3, 0.4) is 0 Å². The summed E-state index contributed by atoms with van der Waals surface area (Å²) in [5.41, 5.74) is 0. The number of unbranched alkanes of at least 4 members (excludes halogenated alkanes) is 12. The lowest BCUT2D eigenvalue weighted by molar-refractivity contribution is -0.296. The van der Waals surface area contributed by atoms with Gasteiger partial charge in [0.1, 0.15) is 24.4 Å². The fourth-order valence-corrected chi connectivity index (χ4v) is 3.90. The number of hydrogen-bond acceptors (Lipinski definition) is 6. The molecule has 1 heterocycles. The van der Waals surface area contributed by atoms with Crippen LogP contribution < -0.4 is 0 Å². The molecule has 0 aromatic heterocycles. The van der Waals surface area contributed by atoms with E-state index in [0.29, 0.717) is 6.61 Å². The average Bonchev–Trinajstić information content (AvgIpc) is 2.78. The summed E-state index contributed by atoms with van der Waals surface area (Å²) in [6, 6.07) is 0. The second-order valence-corrected chi connectivity index (χ2v) is 8.76. The van der Waals surface area contributed by atoms with Crippen LogP contribution in [0.15, 0.2) is 12.2 Å². The number of ether oxygens (including phenoxy) is 3. The van der Waals surface area contributed by atoms with E-state index in [9.17, 15) is 15.3 Å². The fourth-order valence-electron chi connectivity index (χ4n) is 3.90. The van der Waals surface area contributed by atoms with E-state index in [1.165, 1.54) is 84.2 Å². The molecule has 0 radical (unpaired) electrons. The topological polar surface area (TPSA) is 88.4 Å². The summed E-state index contributed by atoms with van der Waals surface area (Å²) in [6.07, 6.45) is 17.1. The van der Waals surface area contributed by atoms with Crippen molar-refractivity contribution in [1.82, 2.24) is 0 Å². The normalized spacial score (nSPS) is 26.7. The lowest BCUT2D eigenvalue weighted by Gasteiger charge is -2.39. The molecule has 0 aromatic carbocycles. The average molecular weight is 445 g/mol. The Kier molecular flexibility index (Phi) is 17.5. The largest absolute Gasteiger partial charge is 0.387 e. The third-order valence-corrected chi connectivity index (χ3v) is 5.98. The minimum atomic E-state index is -1.29. The maximum atomic E-state index is 9.99. The van der Waals surface area contributed by atoms with Gasteiger partial charge in [0.15, 0.2) is 6.29 Å². The molecule has 31 heavy (non-hydrogen) atoms. The Hall–Kier alpha value is -0.500. The third-order valence-electron chi connectivity index (χ3n) is 5.98. The van der Waals surface area contributed by atoms with Crippen LogP contribution in [-0.2, 0) is 14.2 Å². The molecule has 0 saturated carbocycles. The first-order valence-corrected chi connectivity index (χ1v) is 12.6. The zero-order valence-electron chi connectivity index (χ0n) is 19.9. The van der Waals surface area contributed by atoms with Crippen LogP contribution in [0.2, 0.25) is 0 Å². The van der Waals surface area contributed by atoms with Crippen molar-refractivity contribution >= 4 is 0 Å². The molecule has 1 rings (SSSR count). The van der Waals surface area contributed by atoms with Gasteiger partial charge in [-0.3, -0.25) is 0 Å². The quantitative estimate of drug-likeness (QED) is 0.201. The number of aliphatic hydroxyl groups is 3. The minimum Gasteiger partial charge on any atom is -0.387 e. The molecule has 184 valence electrons. The van der Waals surface area contributed by atoms with Gasteiger partial charge in [-0.15, -0.1) is 0 Å². The van der Waals surface area contributed by atoms with Crippen LogP contribution >= 0.6 is 0 Å². The Balaban J connectivity index is 1.88. The van der Waals surface area contributed by atoms with Crippen molar-refractivity contribution < 1.29 is 29.5 Å². The number of hydrogen-bond donors (Lipinski definition) is 3. The number of rotatable bonds is 19. The molecule has 1 aliphatic heterocycles. The van der Waals surface area contributed by atoms with E-state index in [4.69, 9.17) is 14.2 Å². The maximum Gasteiger partial charge on any atom is 0.186 e. The monoisotopic (exact) mass is 444 g/mol. The molecule has 6 nitrogen and oxygen atoms in total. The number of allylic oxidation sites excluding steroid dienone is 2. The predicted octanol–water partition coefficient (Wildman–Crippen LogP) is 4.49. The van der Waals surface area contributed by atoms with Crippen molar-refractivity contribution in [2.45, 2.75) is 128 Å². The molecule has 0 bridgehead atoms. The summed E-state index contributed by atoms with van der Waals surface area (Å²) in [5, 5.41) is 29.6. The summed E-state index contributed by atoms with van der Waals surface area (Å²) in [7, 11) is 1.39. The minimum absolute atomic E-state index is 0.176. The van der Waals surface area contributed by atoms with Gasteiger partial charge in [0.25, 0.3) is 0 Å². The van der Waals surface area contributed by atoms with Gasteiger partial charge in [0.05, 0.1) is 6.61 Å². The number of aliphatic hydroxyl groups excluding tert-OH is 3. The molecule has 0 spiro atoms. The van der Waals surface area contributed by atoms with Crippen molar-refractivity contribution in [2.75, 3.05) is 20.3 Å². The van der Waals surface area contributed by atoms with Gasteiger partial charge in [-0.2, -0.15) is 0 Å². The fraction of sp³-hybridized carbons (Fsp3) is 0.920. The van der Waals surface area contributed by atoms with Crippen molar-refractivity contribution in [3.63, 3.8) is 0 Å². The van der Waals surface area contributed by atoms with Crippen LogP contribution in [0.5, 0.6) is 0 Å². The molecule has 1 aliphatic rings. The summed E-state index contributed by atoms with van der Waals surface area (Å²) in [6.45, 7) is 3.04. The van der Waals surface area contributed by atoms with Crippen LogP contribution in [0.25, 0.3) is 0 Å². The molecule has 1 fully saturated rings. The van der Waals surface area contributed by atoms with E-state index >= 15 is 0 Å². The van der Waals surface area contributed by atoms with E-state index < -0.39 is 30.7 Å². The molecular weight excluding hydrogens is 396 g/mol. The highest BCUT2D eigenvalue weighted by Gasteiger charge is 2.43. The first kappa shape index (κ1) is 28.5. The SMILES string of the molecule is CCCCCCCCC=CCCCCCCCCOC[C@H]1OC(OC)[C@H](O)[C@@H](O)[C@@H]1O. The molecule has 3 N–H and O–H groups in total. The second kappa shape index (κ2) is 19.0. The van der Waals surface area contributed by atoms with Gasteiger partial charge in [-0.05, 0) is 32.1 Å². The predicted molar refractivity (Wildman–Crippen MR) is 124 cm³/mol. The second-order valence-electron chi connectivity index (χ2n) is 8.76. The van der Waals surface area contributed by atoms with Crippen LogP contribution in [-0.4, -0.2) is 66.3 Å². The van der Waals surface area contributed by atoms with Gasteiger partial charge in [0.2, 0.25) is 0 Å². The van der Waals surface area contributed by atoms with Gasteiger partial charge in [-0.25, -0.2) is 0 Å². The molecule has 0 amide bonds. The van der Waals surface area contributed by atoms with E-state index in [1.807, 2.05) is 0 Å².